The number of likely N-dealkylation sites (tertiary alicyclic amines) is 1. The quantitative estimate of drug-likeness (QED) is 0.577. The summed E-state index contributed by atoms with van der Waals surface area (Å²) < 4.78 is 5.84. The first-order chi connectivity index (χ1) is 13.7. The Morgan fingerprint density at radius 2 is 1.97 bits per heavy atom. The molecule has 4 nitrogen and oxygen atoms in total. The lowest BCUT2D eigenvalue weighted by molar-refractivity contribution is -0.124. The van der Waals surface area contributed by atoms with E-state index >= 15 is 0 Å². The van der Waals surface area contributed by atoms with Crippen LogP contribution >= 0.6 is 0 Å². The topological polar surface area (TPSA) is 41.9 Å². The van der Waals surface area contributed by atoms with Crippen molar-refractivity contribution in [3.05, 3.63) is 41.6 Å². The highest BCUT2D eigenvalue weighted by Crippen LogP contribution is 2.20. The lowest BCUT2D eigenvalue weighted by Gasteiger charge is -2.20. The molecule has 1 aromatic carbocycles. The number of benzene rings is 1. The van der Waals surface area contributed by atoms with Crippen molar-refractivity contribution in [3.8, 4) is 0 Å². The number of unbranched alkanes of at least 4 members (excludes halogenated alkanes) is 1. The van der Waals surface area contributed by atoms with E-state index in [1.165, 1.54) is 0 Å². The van der Waals surface area contributed by atoms with Gasteiger partial charge in [-0.15, -0.1) is 0 Å². The number of amides is 1. The summed E-state index contributed by atoms with van der Waals surface area (Å²) in [5.41, 5.74) is 3.89. The Balaban J connectivity index is 2.12. The third-order valence-electron chi connectivity index (χ3n) is 5.30. The summed E-state index contributed by atoms with van der Waals surface area (Å²) in [7, 11) is 0. The SMILES string of the molecule is CCCCN1CCCC(C)C(=N/C=C(\C)c2ccc(COC(C)(C)C)cc2)C1=O. The zero-order valence-corrected chi connectivity index (χ0v) is 19.1. The molecule has 2 rings (SSSR count). The minimum Gasteiger partial charge on any atom is -0.371 e. The largest absolute Gasteiger partial charge is 0.371 e. The van der Waals surface area contributed by atoms with Crippen molar-refractivity contribution in [1.29, 1.82) is 0 Å². The average Bonchev–Trinajstić information content (AvgIpc) is 2.81. The van der Waals surface area contributed by atoms with Gasteiger partial charge in [0, 0.05) is 25.2 Å². The van der Waals surface area contributed by atoms with Gasteiger partial charge in [-0.3, -0.25) is 9.79 Å². The molecule has 1 aromatic rings. The Morgan fingerprint density at radius 3 is 2.59 bits per heavy atom. The summed E-state index contributed by atoms with van der Waals surface area (Å²) in [5, 5.41) is 0. The number of carbonyl (C=O) groups excluding carboxylic acids is 1. The Labute approximate surface area is 177 Å². The maximum absolute atomic E-state index is 13.0. The Kier molecular flexibility index (Phi) is 8.63. The highest BCUT2D eigenvalue weighted by molar-refractivity contribution is 6.39. The van der Waals surface area contributed by atoms with E-state index in [-0.39, 0.29) is 17.4 Å². The predicted octanol–water partition coefficient (Wildman–Crippen LogP) is 5.86. The molecule has 0 radical (unpaired) electrons. The molecule has 0 aromatic heterocycles. The minimum absolute atomic E-state index is 0.113. The van der Waals surface area contributed by atoms with Gasteiger partial charge in [0.15, 0.2) is 0 Å². The molecule has 1 fully saturated rings. The third-order valence-corrected chi connectivity index (χ3v) is 5.30. The molecule has 1 saturated heterocycles. The van der Waals surface area contributed by atoms with Crippen molar-refractivity contribution >= 4 is 17.2 Å². The number of rotatable bonds is 7. The predicted molar refractivity (Wildman–Crippen MR) is 122 cm³/mol. The highest BCUT2D eigenvalue weighted by atomic mass is 16.5. The van der Waals surface area contributed by atoms with Gasteiger partial charge >= 0.3 is 0 Å². The molecule has 29 heavy (non-hydrogen) atoms. The fraction of sp³-hybridized carbons (Fsp3) is 0.600. The van der Waals surface area contributed by atoms with E-state index < -0.39 is 0 Å². The number of carbonyl (C=O) groups is 1. The van der Waals surface area contributed by atoms with Gasteiger partial charge < -0.3 is 9.64 Å². The lowest BCUT2D eigenvalue weighted by Crippen LogP contribution is -2.37. The van der Waals surface area contributed by atoms with Crippen LogP contribution < -0.4 is 0 Å². The fourth-order valence-electron chi connectivity index (χ4n) is 3.35. The van der Waals surface area contributed by atoms with Crippen molar-refractivity contribution < 1.29 is 9.53 Å². The summed E-state index contributed by atoms with van der Waals surface area (Å²) in [6.07, 6.45) is 6.07. The molecule has 0 bridgehead atoms. The van der Waals surface area contributed by atoms with Gasteiger partial charge in [0.2, 0.25) is 0 Å². The van der Waals surface area contributed by atoms with Gasteiger partial charge in [0.25, 0.3) is 5.91 Å². The van der Waals surface area contributed by atoms with E-state index in [9.17, 15) is 4.79 Å². The molecule has 1 aliphatic rings. The van der Waals surface area contributed by atoms with Crippen LogP contribution in [0, 0.1) is 5.92 Å². The third kappa shape index (κ3) is 7.43. The number of ether oxygens (including phenoxy) is 1. The van der Waals surface area contributed by atoms with Crippen LogP contribution in [0.25, 0.3) is 5.57 Å². The monoisotopic (exact) mass is 398 g/mol. The summed E-state index contributed by atoms with van der Waals surface area (Å²) in [5.74, 6) is 0.317. The normalized spacial score (nSPS) is 20.3. The Hall–Kier alpha value is -1.94. The van der Waals surface area contributed by atoms with Crippen molar-refractivity contribution in [2.24, 2.45) is 10.9 Å². The van der Waals surface area contributed by atoms with Crippen molar-refractivity contribution in [3.63, 3.8) is 0 Å². The highest BCUT2D eigenvalue weighted by Gasteiger charge is 2.27. The number of nitrogens with zero attached hydrogens (tertiary/aromatic N) is 2. The van der Waals surface area contributed by atoms with E-state index in [0.717, 1.165) is 55.5 Å². The Morgan fingerprint density at radius 1 is 1.28 bits per heavy atom. The second-order valence-electron chi connectivity index (χ2n) is 9.11. The molecular formula is C25H38N2O2. The maximum Gasteiger partial charge on any atom is 0.268 e. The van der Waals surface area contributed by atoms with Crippen LogP contribution in [-0.4, -0.2) is 35.2 Å². The lowest BCUT2D eigenvalue weighted by atomic mass is 10.0. The van der Waals surface area contributed by atoms with E-state index in [2.05, 4.69) is 63.9 Å². The molecule has 0 spiro atoms. The second-order valence-corrected chi connectivity index (χ2v) is 9.11. The molecule has 1 atom stereocenters. The van der Waals surface area contributed by atoms with Gasteiger partial charge in [-0.25, -0.2) is 0 Å². The van der Waals surface area contributed by atoms with E-state index in [1.807, 2.05) is 18.0 Å². The molecule has 0 aliphatic carbocycles. The van der Waals surface area contributed by atoms with Crippen molar-refractivity contribution in [2.45, 2.75) is 79.4 Å². The summed E-state index contributed by atoms with van der Waals surface area (Å²) in [6, 6.07) is 8.38. The Bertz CT molecular complexity index is 724. The van der Waals surface area contributed by atoms with Gasteiger partial charge in [-0.2, -0.15) is 0 Å². The molecule has 4 heteroatoms. The number of hydrogen-bond donors (Lipinski definition) is 0. The van der Waals surface area contributed by atoms with Gasteiger partial charge in [-0.1, -0.05) is 44.5 Å². The molecule has 0 N–H and O–H groups in total. The van der Waals surface area contributed by atoms with Crippen LogP contribution in [0.4, 0.5) is 0 Å². The van der Waals surface area contributed by atoms with Crippen LogP contribution in [0.5, 0.6) is 0 Å². The van der Waals surface area contributed by atoms with Crippen LogP contribution in [0.15, 0.2) is 35.5 Å². The molecule has 1 heterocycles. The first-order valence-electron chi connectivity index (χ1n) is 11.0. The van der Waals surface area contributed by atoms with E-state index in [0.29, 0.717) is 12.3 Å². The molecule has 1 aliphatic heterocycles. The van der Waals surface area contributed by atoms with Crippen LogP contribution in [0.3, 0.4) is 0 Å². The van der Waals surface area contributed by atoms with Crippen LogP contribution in [0.2, 0.25) is 0 Å². The zero-order chi connectivity index (χ0) is 21.4. The number of aliphatic imine (C=N–C) groups is 1. The molecule has 1 unspecified atom stereocenters. The van der Waals surface area contributed by atoms with Gasteiger partial charge in [0.05, 0.1) is 12.2 Å². The minimum atomic E-state index is -0.141. The number of hydrogen-bond acceptors (Lipinski definition) is 3. The maximum atomic E-state index is 13.0. The first kappa shape index (κ1) is 23.3. The van der Waals surface area contributed by atoms with E-state index in [4.69, 9.17) is 4.74 Å². The second kappa shape index (κ2) is 10.7. The van der Waals surface area contributed by atoms with E-state index in [1.54, 1.807) is 0 Å². The molecule has 0 saturated carbocycles. The molecule has 160 valence electrons. The average molecular weight is 399 g/mol. The zero-order valence-electron chi connectivity index (χ0n) is 19.1. The number of allylic oxidation sites excluding steroid dienone is 1. The van der Waals surface area contributed by atoms with Gasteiger partial charge in [0.1, 0.15) is 5.71 Å². The molecular weight excluding hydrogens is 360 g/mol. The summed E-state index contributed by atoms with van der Waals surface area (Å²) in [6.45, 7) is 14.8. The van der Waals surface area contributed by atoms with Crippen LogP contribution in [-0.2, 0) is 16.1 Å². The van der Waals surface area contributed by atoms with Crippen molar-refractivity contribution in [2.75, 3.05) is 13.1 Å². The van der Waals surface area contributed by atoms with Crippen molar-refractivity contribution in [1.82, 2.24) is 4.90 Å². The fourth-order valence-corrected chi connectivity index (χ4v) is 3.35. The van der Waals surface area contributed by atoms with Crippen LogP contribution in [0.1, 0.15) is 78.4 Å². The summed E-state index contributed by atoms with van der Waals surface area (Å²) >= 11 is 0. The standard InChI is InChI=1S/C25H38N2O2/c1-7-8-15-27-16-9-10-19(2)23(24(27)28)26-17-20(3)22-13-11-21(12-14-22)18-29-25(4,5)6/h11-14,17,19H,7-10,15-16,18H2,1-6H3/b20-17+,26-23?. The first-order valence-corrected chi connectivity index (χ1v) is 11.0. The smallest absolute Gasteiger partial charge is 0.268 e. The van der Waals surface area contributed by atoms with Gasteiger partial charge in [-0.05, 0) is 63.7 Å². The summed E-state index contributed by atoms with van der Waals surface area (Å²) in [4.78, 5) is 19.6. The molecule has 1 amide bonds.